The third kappa shape index (κ3) is 2.80. The number of hydrogen-bond acceptors (Lipinski definition) is 9. The van der Waals surface area contributed by atoms with Gasteiger partial charge < -0.3 is 35.0 Å². The lowest BCUT2D eigenvalue weighted by Gasteiger charge is -2.63. The third-order valence-electron chi connectivity index (χ3n) is 13.1. The molecular weight excluding hydrogens is 490 g/mol. The molecule has 4 aliphatic carbocycles. The zero-order valence-corrected chi connectivity index (χ0v) is 23.0. The Labute approximate surface area is 224 Å². The van der Waals surface area contributed by atoms with Gasteiger partial charge in [-0.1, -0.05) is 13.8 Å². The maximum absolute atomic E-state index is 12.6. The molecule has 4 bridgehead atoms. The van der Waals surface area contributed by atoms with E-state index >= 15 is 0 Å². The monoisotopic (exact) mass is 535 g/mol. The number of esters is 1. The Bertz CT molecular complexity index is 1040. The van der Waals surface area contributed by atoms with Crippen molar-refractivity contribution < 1.29 is 39.8 Å². The zero-order valence-electron chi connectivity index (χ0n) is 23.0. The summed E-state index contributed by atoms with van der Waals surface area (Å²) in [6.07, 6.45) is 1.09. The molecule has 6 unspecified atom stereocenters. The minimum atomic E-state index is -1.65. The van der Waals surface area contributed by atoms with Crippen molar-refractivity contribution >= 4 is 5.97 Å². The average molecular weight is 536 g/mol. The van der Waals surface area contributed by atoms with Crippen molar-refractivity contribution in [3.8, 4) is 0 Å². The van der Waals surface area contributed by atoms with Gasteiger partial charge in [0, 0.05) is 49.2 Å². The van der Waals surface area contributed by atoms with Gasteiger partial charge in [-0.3, -0.25) is 9.69 Å². The molecule has 9 nitrogen and oxygen atoms in total. The van der Waals surface area contributed by atoms with E-state index in [0.717, 1.165) is 19.4 Å². The first-order valence-corrected chi connectivity index (χ1v) is 14.9. The van der Waals surface area contributed by atoms with Crippen LogP contribution in [-0.2, 0) is 14.3 Å². The maximum atomic E-state index is 12.6. The fourth-order valence-corrected chi connectivity index (χ4v) is 11.7. The second kappa shape index (κ2) is 7.72. The van der Waals surface area contributed by atoms with E-state index in [4.69, 9.17) is 9.47 Å². The minimum absolute atomic E-state index is 0.0936. The van der Waals surface area contributed by atoms with Gasteiger partial charge in [0.25, 0.3) is 0 Å². The largest absolute Gasteiger partial charge is 0.457 e. The standard InChI is InChI=1S/C29H45NO8/c1-14-5-8-20-26(4,34)22-16(13-30(20)12-14)17-11-27-19(28(17,35)24(33)23(22)32)7-6-18-25(27,3)10-9-21(37-15(2)31)29(18,36)38-27/h14,16-24,32-36H,5-13H2,1-4H3/t14-,16-,17?,18-,19+,20?,21-,22?,23+,24?,25-,26+,27?,28?,29+/m0/s1. The van der Waals surface area contributed by atoms with Crippen LogP contribution in [0.25, 0.3) is 0 Å². The van der Waals surface area contributed by atoms with Crippen molar-refractivity contribution in [3.05, 3.63) is 0 Å². The van der Waals surface area contributed by atoms with Crippen molar-refractivity contribution in [2.45, 2.75) is 120 Å². The molecule has 0 radical (unpaired) electrons. The average Bonchev–Trinajstić information content (AvgIpc) is 3.07. The molecule has 1 spiro atoms. The molecule has 3 heterocycles. The van der Waals surface area contributed by atoms with Crippen LogP contribution in [0.1, 0.15) is 72.6 Å². The summed E-state index contributed by atoms with van der Waals surface area (Å²) in [5.41, 5.74) is -4.22. The lowest BCUT2D eigenvalue weighted by atomic mass is 9.49. The van der Waals surface area contributed by atoms with Crippen LogP contribution in [0.2, 0.25) is 0 Å². The van der Waals surface area contributed by atoms with Crippen LogP contribution in [0.15, 0.2) is 0 Å². The number of rotatable bonds is 1. The second-order valence-electron chi connectivity index (χ2n) is 14.7. The van der Waals surface area contributed by atoms with Gasteiger partial charge in [-0.25, -0.2) is 0 Å². The van der Waals surface area contributed by atoms with E-state index in [2.05, 4.69) is 18.7 Å². The van der Waals surface area contributed by atoms with Gasteiger partial charge in [0.1, 0.15) is 11.7 Å². The van der Waals surface area contributed by atoms with Gasteiger partial charge >= 0.3 is 5.97 Å². The topological polar surface area (TPSA) is 140 Å². The van der Waals surface area contributed by atoms with E-state index in [1.807, 2.05) is 0 Å². The van der Waals surface area contributed by atoms with Gasteiger partial charge in [-0.2, -0.15) is 0 Å². The highest BCUT2D eigenvalue weighted by molar-refractivity contribution is 5.66. The molecule has 0 amide bonds. The summed E-state index contributed by atoms with van der Waals surface area (Å²) in [6.45, 7) is 9.02. The molecule has 7 aliphatic rings. The van der Waals surface area contributed by atoms with Gasteiger partial charge in [0.2, 0.25) is 5.79 Å². The first kappa shape index (κ1) is 26.1. The summed E-state index contributed by atoms with van der Waals surface area (Å²) in [5.74, 6) is -3.56. The van der Waals surface area contributed by atoms with Crippen LogP contribution in [0.4, 0.5) is 0 Å². The Morgan fingerprint density at radius 3 is 2.42 bits per heavy atom. The summed E-state index contributed by atoms with van der Waals surface area (Å²) in [4.78, 5) is 14.3. The summed E-state index contributed by atoms with van der Waals surface area (Å²) < 4.78 is 12.4. The number of fused-ring (bicyclic) bond motifs is 5. The van der Waals surface area contributed by atoms with Crippen LogP contribution in [0.5, 0.6) is 0 Å². The van der Waals surface area contributed by atoms with Gasteiger partial charge in [0.05, 0.1) is 17.3 Å². The van der Waals surface area contributed by atoms with E-state index in [1.54, 1.807) is 6.92 Å². The van der Waals surface area contributed by atoms with Crippen molar-refractivity contribution in [2.24, 2.45) is 40.9 Å². The molecule has 0 aromatic carbocycles. The molecule has 3 aliphatic heterocycles. The predicted octanol–water partition coefficient (Wildman–Crippen LogP) is 0.786. The van der Waals surface area contributed by atoms with E-state index in [1.165, 1.54) is 6.92 Å². The molecular formula is C29H45NO8. The van der Waals surface area contributed by atoms with E-state index in [-0.39, 0.29) is 17.9 Å². The van der Waals surface area contributed by atoms with E-state index < -0.39 is 70.0 Å². The van der Waals surface area contributed by atoms with E-state index in [9.17, 15) is 30.3 Å². The molecule has 214 valence electrons. The Morgan fingerprint density at radius 1 is 1.00 bits per heavy atom. The van der Waals surface area contributed by atoms with Gasteiger partial charge in [-0.15, -0.1) is 0 Å². The smallest absolute Gasteiger partial charge is 0.303 e. The fourth-order valence-electron chi connectivity index (χ4n) is 11.7. The summed E-state index contributed by atoms with van der Waals surface area (Å²) in [6, 6.07) is -0.0936. The number of aliphatic hydroxyl groups excluding tert-OH is 2. The van der Waals surface area contributed by atoms with Crippen molar-refractivity contribution in [1.82, 2.24) is 4.90 Å². The van der Waals surface area contributed by atoms with Crippen molar-refractivity contribution in [3.63, 3.8) is 0 Å². The molecule has 0 aromatic rings. The molecule has 15 atom stereocenters. The number of carbonyl (C=O) groups excluding carboxylic acids is 1. The summed E-state index contributed by atoms with van der Waals surface area (Å²) >= 11 is 0. The lowest BCUT2D eigenvalue weighted by molar-refractivity contribution is -0.292. The van der Waals surface area contributed by atoms with Crippen molar-refractivity contribution in [2.75, 3.05) is 13.1 Å². The molecule has 5 N–H and O–H groups in total. The Morgan fingerprint density at radius 2 is 1.71 bits per heavy atom. The number of hydrogen-bond donors (Lipinski definition) is 5. The van der Waals surface area contributed by atoms with Crippen LogP contribution < -0.4 is 0 Å². The Balaban J connectivity index is 1.32. The molecule has 7 fully saturated rings. The second-order valence-corrected chi connectivity index (χ2v) is 14.7. The maximum Gasteiger partial charge on any atom is 0.303 e. The number of nitrogens with zero attached hydrogens (tertiary/aromatic N) is 1. The number of piperidine rings is 2. The van der Waals surface area contributed by atoms with E-state index in [0.29, 0.717) is 44.6 Å². The van der Waals surface area contributed by atoms with Gasteiger partial charge in [-0.05, 0) is 69.6 Å². The highest BCUT2D eigenvalue weighted by Crippen LogP contribution is 2.77. The fraction of sp³-hybridized carbons (Fsp3) is 0.966. The zero-order chi connectivity index (χ0) is 27.2. The quantitative estimate of drug-likeness (QED) is 0.308. The van der Waals surface area contributed by atoms with Crippen molar-refractivity contribution in [1.29, 1.82) is 0 Å². The number of aliphatic hydroxyl groups is 5. The normalized spacial score (nSPS) is 62.9. The van der Waals surface area contributed by atoms with Gasteiger partial charge in [0.15, 0.2) is 6.10 Å². The summed E-state index contributed by atoms with van der Waals surface area (Å²) in [5, 5.41) is 59.9. The Kier molecular flexibility index (Phi) is 5.30. The molecule has 7 rings (SSSR count). The first-order chi connectivity index (χ1) is 17.7. The molecule has 0 aromatic heterocycles. The summed E-state index contributed by atoms with van der Waals surface area (Å²) in [7, 11) is 0. The number of carbonyl (C=O) groups is 1. The molecule has 9 heteroatoms. The SMILES string of the molecule is CC(=O)O[C@H]1CC[C@@]2(C)[C@@H]3CC[C@H]4C5(O)C(O)[C@H](O)C6[C@@H](CN7C[C@@H](C)CCC7[C@@]6(C)O)C5CC42O[C@@]13O. The van der Waals surface area contributed by atoms with Crippen LogP contribution >= 0.6 is 0 Å². The minimum Gasteiger partial charge on any atom is -0.457 e. The highest BCUT2D eigenvalue weighted by atomic mass is 16.7. The third-order valence-corrected chi connectivity index (χ3v) is 13.1. The van der Waals surface area contributed by atoms with Crippen LogP contribution in [0.3, 0.4) is 0 Å². The number of ether oxygens (including phenoxy) is 2. The lowest BCUT2D eigenvalue weighted by Crippen LogP contribution is -2.76. The van der Waals surface area contributed by atoms with Crippen LogP contribution in [0, 0.1) is 40.9 Å². The molecule has 38 heavy (non-hydrogen) atoms. The Hall–Kier alpha value is -0.810. The molecule has 4 saturated carbocycles. The first-order valence-electron chi connectivity index (χ1n) is 14.9. The molecule has 3 saturated heterocycles. The predicted molar refractivity (Wildman–Crippen MR) is 134 cm³/mol. The van der Waals surface area contributed by atoms with Crippen LogP contribution in [-0.4, -0.2) is 96.4 Å². The highest BCUT2D eigenvalue weighted by Gasteiger charge is 2.85.